The van der Waals surface area contributed by atoms with Crippen molar-refractivity contribution in [1.82, 2.24) is 0 Å². The Hall–Kier alpha value is -1.06. The first-order chi connectivity index (χ1) is 8.19. The third kappa shape index (κ3) is 4.36. The fourth-order valence-corrected chi connectivity index (χ4v) is 1.62. The van der Waals surface area contributed by atoms with Gasteiger partial charge in [-0.1, -0.05) is 19.4 Å². The summed E-state index contributed by atoms with van der Waals surface area (Å²) in [5.74, 6) is 0.867. The highest BCUT2D eigenvalue weighted by Gasteiger charge is 2.07. The zero-order chi connectivity index (χ0) is 12.7. The molecular formula is C14H23NO2. The number of benzene rings is 1. The fraction of sp³-hybridized carbons (Fsp3) is 0.571. The average Bonchev–Trinajstić information content (AvgIpc) is 2.34. The Labute approximate surface area is 104 Å². The summed E-state index contributed by atoms with van der Waals surface area (Å²) in [7, 11) is 1.68. The van der Waals surface area contributed by atoms with E-state index in [9.17, 15) is 0 Å². The number of unbranched alkanes of at least 4 members (excludes halogenated alkanes) is 1. The monoisotopic (exact) mass is 237 g/mol. The third-order valence-electron chi connectivity index (χ3n) is 2.73. The standard InChI is InChI=1S/C14H23NO2/c1-4-5-8-17-10-13-9-12(11(2)15)6-7-14(13)16-3/h6-7,9,11H,4-5,8,10,15H2,1-3H3. The summed E-state index contributed by atoms with van der Waals surface area (Å²) in [6.45, 7) is 5.51. The van der Waals surface area contributed by atoms with E-state index >= 15 is 0 Å². The van der Waals surface area contributed by atoms with Gasteiger partial charge in [0.05, 0.1) is 13.7 Å². The molecule has 1 atom stereocenters. The van der Waals surface area contributed by atoms with Gasteiger partial charge in [0.25, 0.3) is 0 Å². The van der Waals surface area contributed by atoms with E-state index in [1.165, 1.54) is 0 Å². The first kappa shape index (κ1) is 14.0. The summed E-state index contributed by atoms with van der Waals surface area (Å²) >= 11 is 0. The topological polar surface area (TPSA) is 44.5 Å². The summed E-state index contributed by atoms with van der Waals surface area (Å²) in [5, 5.41) is 0. The van der Waals surface area contributed by atoms with Gasteiger partial charge in [0.2, 0.25) is 0 Å². The van der Waals surface area contributed by atoms with Crippen molar-refractivity contribution < 1.29 is 9.47 Å². The Balaban J connectivity index is 2.69. The first-order valence-corrected chi connectivity index (χ1v) is 6.19. The van der Waals surface area contributed by atoms with Crippen LogP contribution in [0, 0.1) is 0 Å². The lowest BCUT2D eigenvalue weighted by Crippen LogP contribution is -2.06. The number of rotatable bonds is 7. The molecule has 1 aromatic rings. The van der Waals surface area contributed by atoms with Gasteiger partial charge in [0, 0.05) is 18.2 Å². The smallest absolute Gasteiger partial charge is 0.124 e. The predicted molar refractivity (Wildman–Crippen MR) is 70.2 cm³/mol. The van der Waals surface area contributed by atoms with Crippen LogP contribution in [-0.2, 0) is 11.3 Å². The molecule has 1 rings (SSSR count). The van der Waals surface area contributed by atoms with E-state index in [2.05, 4.69) is 13.0 Å². The molecule has 0 fully saturated rings. The Morgan fingerprint density at radius 1 is 1.35 bits per heavy atom. The molecule has 1 aromatic carbocycles. The molecule has 0 heterocycles. The lowest BCUT2D eigenvalue weighted by Gasteiger charge is -2.13. The van der Waals surface area contributed by atoms with Crippen LogP contribution in [0.5, 0.6) is 5.75 Å². The molecule has 1 unspecified atom stereocenters. The van der Waals surface area contributed by atoms with E-state index in [1.807, 2.05) is 19.1 Å². The predicted octanol–water partition coefficient (Wildman–Crippen LogP) is 3.03. The van der Waals surface area contributed by atoms with Crippen LogP contribution in [-0.4, -0.2) is 13.7 Å². The van der Waals surface area contributed by atoms with Gasteiger partial charge in [0.15, 0.2) is 0 Å². The zero-order valence-corrected chi connectivity index (χ0v) is 11.0. The van der Waals surface area contributed by atoms with Gasteiger partial charge in [-0.05, 0) is 31.0 Å². The second-order valence-corrected chi connectivity index (χ2v) is 4.27. The van der Waals surface area contributed by atoms with E-state index in [4.69, 9.17) is 15.2 Å². The molecule has 3 heteroatoms. The molecular weight excluding hydrogens is 214 g/mol. The van der Waals surface area contributed by atoms with Crippen LogP contribution in [0.3, 0.4) is 0 Å². The van der Waals surface area contributed by atoms with Crippen molar-refractivity contribution in [2.24, 2.45) is 5.73 Å². The van der Waals surface area contributed by atoms with Gasteiger partial charge < -0.3 is 15.2 Å². The van der Waals surface area contributed by atoms with Crippen molar-refractivity contribution in [3.8, 4) is 5.75 Å². The Bertz CT molecular complexity index is 337. The molecule has 3 nitrogen and oxygen atoms in total. The molecule has 0 spiro atoms. The molecule has 17 heavy (non-hydrogen) atoms. The second-order valence-electron chi connectivity index (χ2n) is 4.27. The Morgan fingerprint density at radius 3 is 2.71 bits per heavy atom. The minimum Gasteiger partial charge on any atom is -0.496 e. The average molecular weight is 237 g/mol. The largest absolute Gasteiger partial charge is 0.496 e. The summed E-state index contributed by atoms with van der Waals surface area (Å²) in [6.07, 6.45) is 2.24. The first-order valence-electron chi connectivity index (χ1n) is 6.19. The normalized spacial score (nSPS) is 12.5. The van der Waals surface area contributed by atoms with Crippen LogP contribution < -0.4 is 10.5 Å². The van der Waals surface area contributed by atoms with Crippen LogP contribution in [0.4, 0.5) is 0 Å². The molecule has 0 aliphatic carbocycles. The molecule has 96 valence electrons. The fourth-order valence-electron chi connectivity index (χ4n) is 1.62. The number of methoxy groups -OCH3 is 1. The van der Waals surface area contributed by atoms with Crippen LogP contribution in [0.25, 0.3) is 0 Å². The number of ether oxygens (including phenoxy) is 2. The van der Waals surface area contributed by atoms with Gasteiger partial charge in [-0.3, -0.25) is 0 Å². The van der Waals surface area contributed by atoms with Gasteiger partial charge in [-0.2, -0.15) is 0 Å². The van der Waals surface area contributed by atoms with E-state index in [-0.39, 0.29) is 6.04 Å². The van der Waals surface area contributed by atoms with E-state index in [0.29, 0.717) is 6.61 Å². The van der Waals surface area contributed by atoms with Crippen LogP contribution in [0.1, 0.15) is 43.9 Å². The highest BCUT2D eigenvalue weighted by molar-refractivity contribution is 5.37. The highest BCUT2D eigenvalue weighted by atomic mass is 16.5. The third-order valence-corrected chi connectivity index (χ3v) is 2.73. The van der Waals surface area contributed by atoms with Crippen molar-refractivity contribution in [3.63, 3.8) is 0 Å². The van der Waals surface area contributed by atoms with Gasteiger partial charge in [0.1, 0.15) is 5.75 Å². The zero-order valence-electron chi connectivity index (χ0n) is 11.0. The molecule has 0 saturated carbocycles. The molecule has 0 amide bonds. The molecule has 0 radical (unpaired) electrons. The maximum atomic E-state index is 5.87. The van der Waals surface area contributed by atoms with Gasteiger partial charge >= 0.3 is 0 Å². The molecule has 0 aliphatic rings. The van der Waals surface area contributed by atoms with Crippen LogP contribution >= 0.6 is 0 Å². The molecule has 0 aliphatic heterocycles. The second kappa shape index (κ2) is 7.30. The lowest BCUT2D eigenvalue weighted by molar-refractivity contribution is 0.116. The lowest BCUT2D eigenvalue weighted by atomic mass is 10.1. The number of hydrogen-bond donors (Lipinski definition) is 1. The minimum absolute atomic E-state index is 0.0373. The van der Waals surface area contributed by atoms with Crippen LogP contribution in [0.15, 0.2) is 18.2 Å². The maximum Gasteiger partial charge on any atom is 0.124 e. The van der Waals surface area contributed by atoms with Crippen molar-refractivity contribution in [3.05, 3.63) is 29.3 Å². The molecule has 0 aromatic heterocycles. The summed E-state index contributed by atoms with van der Waals surface area (Å²) in [4.78, 5) is 0. The van der Waals surface area contributed by atoms with Crippen molar-refractivity contribution in [2.45, 2.75) is 39.3 Å². The minimum atomic E-state index is 0.0373. The van der Waals surface area contributed by atoms with Crippen molar-refractivity contribution in [2.75, 3.05) is 13.7 Å². The van der Waals surface area contributed by atoms with Crippen LogP contribution in [0.2, 0.25) is 0 Å². The van der Waals surface area contributed by atoms with Gasteiger partial charge in [-0.25, -0.2) is 0 Å². The van der Waals surface area contributed by atoms with E-state index in [1.54, 1.807) is 7.11 Å². The maximum absolute atomic E-state index is 5.87. The SMILES string of the molecule is CCCCOCc1cc(C(C)N)ccc1OC. The summed E-state index contributed by atoms with van der Waals surface area (Å²) in [6, 6.07) is 6.06. The van der Waals surface area contributed by atoms with E-state index in [0.717, 1.165) is 36.3 Å². The van der Waals surface area contributed by atoms with Crippen molar-refractivity contribution >= 4 is 0 Å². The summed E-state index contributed by atoms with van der Waals surface area (Å²) in [5.41, 5.74) is 8.05. The Kier molecular flexibility index (Phi) is 6.01. The number of hydrogen-bond acceptors (Lipinski definition) is 3. The Morgan fingerprint density at radius 2 is 2.12 bits per heavy atom. The molecule has 0 bridgehead atoms. The quantitative estimate of drug-likeness (QED) is 0.741. The molecule has 0 saturated heterocycles. The molecule has 2 N–H and O–H groups in total. The van der Waals surface area contributed by atoms with Crippen molar-refractivity contribution in [1.29, 1.82) is 0 Å². The van der Waals surface area contributed by atoms with Gasteiger partial charge in [-0.15, -0.1) is 0 Å². The highest BCUT2D eigenvalue weighted by Crippen LogP contribution is 2.23. The van der Waals surface area contributed by atoms with E-state index < -0.39 is 0 Å². The number of nitrogens with two attached hydrogens (primary N) is 1. The summed E-state index contributed by atoms with van der Waals surface area (Å²) < 4.78 is 10.9.